The highest BCUT2D eigenvalue weighted by Gasteiger charge is 2.31. The Bertz CT molecular complexity index is 724. The zero-order chi connectivity index (χ0) is 16.9. The third kappa shape index (κ3) is 3.45. The van der Waals surface area contributed by atoms with E-state index >= 15 is 0 Å². The second-order valence-corrected chi connectivity index (χ2v) is 6.45. The molecule has 0 aromatic heterocycles. The number of ether oxygens (including phenoxy) is 1. The Hall–Kier alpha value is -2.29. The van der Waals surface area contributed by atoms with E-state index in [1.165, 1.54) is 12.8 Å². The Balaban J connectivity index is 1.77. The Labute approximate surface area is 144 Å². The van der Waals surface area contributed by atoms with Crippen LogP contribution in [0.5, 0.6) is 5.75 Å². The molecule has 1 N–H and O–H groups in total. The average Bonchev–Trinajstić information content (AvgIpc) is 2.91. The number of carbonyl (C=O) groups is 1. The lowest BCUT2D eigenvalue weighted by atomic mass is 9.92. The molecular weight excluding hydrogens is 298 g/mol. The van der Waals surface area contributed by atoms with Crippen LogP contribution in [0.3, 0.4) is 0 Å². The van der Waals surface area contributed by atoms with E-state index in [0.717, 1.165) is 41.2 Å². The van der Waals surface area contributed by atoms with Gasteiger partial charge in [-0.15, -0.1) is 0 Å². The second-order valence-electron chi connectivity index (χ2n) is 6.45. The minimum absolute atomic E-state index is 0.0834. The van der Waals surface area contributed by atoms with Crippen LogP contribution in [0.4, 0.5) is 5.69 Å². The summed E-state index contributed by atoms with van der Waals surface area (Å²) in [5.41, 5.74) is 4.30. The van der Waals surface area contributed by atoms with E-state index in [1.54, 1.807) is 0 Å². The molecular formula is C21H25NO2. The van der Waals surface area contributed by atoms with Gasteiger partial charge in [-0.05, 0) is 42.5 Å². The molecule has 24 heavy (non-hydrogen) atoms. The van der Waals surface area contributed by atoms with Gasteiger partial charge < -0.3 is 10.1 Å². The molecule has 1 heterocycles. The average molecular weight is 323 g/mol. The number of anilines is 1. The zero-order valence-electron chi connectivity index (χ0n) is 14.5. The first-order valence-electron chi connectivity index (χ1n) is 8.81. The van der Waals surface area contributed by atoms with Gasteiger partial charge in [0.05, 0.1) is 12.5 Å². The van der Waals surface area contributed by atoms with Crippen molar-refractivity contribution in [2.75, 3.05) is 11.9 Å². The molecule has 0 saturated heterocycles. The molecule has 1 amide bonds. The summed E-state index contributed by atoms with van der Waals surface area (Å²) in [4.78, 5) is 12.4. The number of carbonyl (C=O) groups excluding carboxylic acids is 1. The standard InChI is InChI=1S/C21H25NO2/c1-3-4-7-13-24-19-12-6-5-10-16(19)14-18-17-11-8-9-15(2)20(17)22-21(18)23/h5-6,8-12,18H,3-4,7,13-14H2,1-2H3,(H,22,23)/t18-/m1/s1. The maximum absolute atomic E-state index is 12.4. The number of hydrogen-bond acceptors (Lipinski definition) is 2. The van der Waals surface area contributed by atoms with Crippen LogP contribution in [-0.2, 0) is 11.2 Å². The predicted octanol–water partition coefficient (Wildman–Crippen LogP) is 4.84. The number of para-hydroxylation sites is 2. The molecule has 0 fully saturated rings. The first-order valence-corrected chi connectivity index (χ1v) is 8.81. The highest BCUT2D eigenvalue weighted by Crippen LogP contribution is 2.38. The molecule has 0 radical (unpaired) electrons. The Morgan fingerprint density at radius 2 is 1.92 bits per heavy atom. The summed E-state index contributed by atoms with van der Waals surface area (Å²) < 4.78 is 5.96. The van der Waals surface area contributed by atoms with Gasteiger partial charge in [0.1, 0.15) is 5.75 Å². The normalized spacial score (nSPS) is 15.9. The minimum Gasteiger partial charge on any atom is -0.493 e. The van der Waals surface area contributed by atoms with Crippen molar-refractivity contribution in [3.05, 3.63) is 59.2 Å². The Morgan fingerprint density at radius 3 is 2.75 bits per heavy atom. The molecule has 126 valence electrons. The fourth-order valence-corrected chi connectivity index (χ4v) is 3.27. The van der Waals surface area contributed by atoms with E-state index in [4.69, 9.17) is 4.74 Å². The summed E-state index contributed by atoms with van der Waals surface area (Å²) in [7, 11) is 0. The molecule has 1 atom stereocenters. The van der Waals surface area contributed by atoms with Crippen LogP contribution in [0.2, 0.25) is 0 Å². The van der Waals surface area contributed by atoms with Crippen molar-refractivity contribution in [3.63, 3.8) is 0 Å². The van der Waals surface area contributed by atoms with Gasteiger partial charge in [0.2, 0.25) is 5.91 Å². The summed E-state index contributed by atoms with van der Waals surface area (Å²) in [5.74, 6) is 0.850. The van der Waals surface area contributed by atoms with E-state index in [-0.39, 0.29) is 11.8 Å². The molecule has 1 aliphatic rings. The summed E-state index contributed by atoms with van der Waals surface area (Å²) in [5, 5.41) is 3.04. The summed E-state index contributed by atoms with van der Waals surface area (Å²) >= 11 is 0. The van der Waals surface area contributed by atoms with Crippen molar-refractivity contribution in [1.29, 1.82) is 0 Å². The maximum Gasteiger partial charge on any atom is 0.232 e. The van der Waals surface area contributed by atoms with Crippen LogP contribution in [-0.4, -0.2) is 12.5 Å². The monoisotopic (exact) mass is 323 g/mol. The van der Waals surface area contributed by atoms with Crippen molar-refractivity contribution in [3.8, 4) is 5.75 Å². The number of aryl methyl sites for hydroxylation is 1. The molecule has 0 bridgehead atoms. The molecule has 2 aromatic carbocycles. The third-order valence-corrected chi connectivity index (χ3v) is 4.65. The van der Waals surface area contributed by atoms with Gasteiger partial charge in [-0.2, -0.15) is 0 Å². The van der Waals surface area contributed by atoms with Crippen molar-refractivity contribution in [1.82, 2.24) is 0 Å². The highest BCUT2D eigenvalue weighted by molar-refractivity contribution is 6.03. The van der Waals surface area contributed by atoms with E-state index in [9.17, 15) is 4.79 Å². The van der Waals surface area contributed by atoms with Crippen LogP contribution >= 0.6 is 0 Å². The second kappa shape index (κ2) is 7.52. The van der Waals surface area contributed by atoms with E-state index in [0.29, 0.717) is 6.42 Å². The van der Waals surface area contributed by atoms with E-state index in [1.807, 2.05) is 37.3 Å². The van der Waals surface area contributed by atoms with Gasteiger partial charge in [0, 0.05) is 5.69 Å². The van der Waals surface area contributed by atoms with E-state index < -0.39 is 0 Å². The number of benzene rings is 2. The fourth-order valence-electron chi connectivity index (χ4n) is 3.27. The SMILES string of the molecule is CCCCCOc1ccccc1C[C@H]1C(=O)Nc2c(C)cccc21. The minimum atomic E-state index is -0.139. The molecule has 0 unspecified atom stereocenters. The predicted molar refractivity (Wildman–Crippen MR) is 97.7 cm³/mol. The topological polar surface area (TPSA) is 38.3 Å². The molecule has 3 rings (SSSR count). The van der Waals surface area contributed by atoms with Gasteiger partial charge in [-0.1, -0.05) is 56.2 Å². The number of amides is 1. The largest absolute Gasteiger partial charge is 0.493 e. The highest BCUT2D eigenvalue weighted by atomic mass is 16.5. The van der Waals surface area contributed by atoms with Crippen molar-refractivity contribution in [2.24, 2.45) is 0 Å². The molecule has 0 spiro atoms. The maximum atomic E-state index is 12.4. The van der Waals surface area contributed by atoms with Crippen LogP contribution in [0.1, 0.15) is 48.8 Å². The lowest BCUT2D eigenvalue weighted by Crippen LogP contribution is -2.15. The Kier molecular flexibility index (Phi) is 5.19. The fraction of sp³-hybridized carbons (Fsp3) is 0.381. The van der Waals surface area contributed by atoms with Crippen LogP contribution < -0.4 is 10.1 Å². The van der Waals surface area contributed by atoms with Crippen LogP contribution in [0, 0.1) is 6.92 Å². The van der Waals surface area contributed by atoms with Gasteiger partial charge in [0.15, 0.2) is 0 Å². The van der Waals surface area contributed by atoms with Crippen LogP contribution in [0.25, 0.3) is 0 Å². The quantitative estimate of drug-likeness (QED) is 0.740. The molecule has 1 aliphatic heterocycles. The van der Waals surface area contributed by atoms with Gasteiger partial charge in [-0.3, -0.25) is 4.79 Å². The number of rotatable bonds is 7. The van der Waals surface area contributed by atoms with Gasteiger partial charge >= 0.3 is 0 Å². The number of unbranched alkanes of at least 4 members (excludes halogenated alkanes) is 2. The molecule has 3 heteroatoms. The first kappa shape index (κ1) is 16.6. The zero-order valence-corrected chi connectivity index (χ0v) is 14.5. The summed E-state index contributed by atoms with van der Waals surface area (Å²) in [6, 6.07) is 14.2. The van der Waals surface area contributed by atoms with Crippen molar-refractivity contribution < 1.29 is 9.53 Å². The third-order valence-electron chi connectivity index (χ3n) is 4.65. The lowest BCUT2D eigenvalue weighted by molar-refractivity contribution is -0.117. The number of nitrogens with one attached hydrogen (secondary N) is 1. The van der Waals surface area contributed by atoms with E-state index in [2.05, 4.69) is 24.4 Å². The first-order chi connectivity index (χ1) is 11.7. The number of hydrogen-bond donors (Lipinski definition) is 1. The van der Waals surface area contributed by atoms with Gasteiger partial charge in [-0.25, -0.2) is 0 Å². The number of fused-ring (bicyclic) bond motifs is 1. The Morgan fingerprint density at radius 1 is 1.08 bits per heavy atom. The smallest absolute Gasteiger partial charge is 0.232 e. The van der Waals surface area contributed by atoms with Crippen LogP contribution in [0.15, 0.2) is 42.5 Å². The molecule has 3 nitrogen and oxygen atoms in total. The molecule has 0 saturated carbocycles. The van der Waals surface area contributed by atoms with Gasteiger partial charge in [0.25, 0.3) is 0 Å². The summed E-state index contributed by atoms with van der Waals surface area (Å²) in [6.45, 7) is 4.95. The van der Waals surface area contributed by atoms with Crippen molar-refractivity contribution in [2.45, 2.75) is 45.4 Å². The molecule has 2 aromatic rings. The van der Waals surface area contributed by atoms with Crippen molar-refractivity contribution >= 4 is 11.6 Å². The molecule has 0 aliphatic carbocycles. The lowest BCUT2D eigenvalue weighted by Gasteiger charge is -2.14. The summed E-state index contributed by atoms with van der Waals surface area (Å²) in [6.07, 6.45) is 4.10.